The van der Waals surface area contributed by atoms with Crippen molar-refractivity contribution in [1.82, 2.24) is 25.1 Å². The maximum Gasteiger partial charge on any atom is 0.186 e. The largest absolute Gasteiger partial charge is 0.383 e. The summed E-state index contributed by atoms with van der Waals surface area (Å²) in [7, 11) is 0. The molecule has 0 aliphatic carbocycles. The summed E-state index contributed by atoms with van der Waals surface area (Å²) < 4.78 is 0. The van der Waals surface area contributed by atoms with Gasteiger partial charge in [-0.25, -0.2) is 9.97 Å². The molecule has 0 spiro atoms. The number of piperidine rings is 1. The average Bonchev–Trinajstić information content (AvgIpc) is 3.07. The van der Waals surface area contributed by atoms with Crippen LogP contribution >= 0.6 is 0 Å². The molecule has 0 bridgehead atoms. The second-order valence-electron chi connectivity index (χ2n) is 6.45. The molecular weight excluding hydrogens is 300 g/mol. The van der Waals surface area contributed by atoms with Crippen LogP contribution in [0.5, 0.6) is 0 Å². The molecule has 0 amide bonds. The molecule has 3 heterocycles. The number of nitrogen functional groups attached to an aromatic ring is 1. The van der Waals surface area contributed by atoms with Crippen LogP contribution in [-0.4, -0.2) is 38.2 Å². The number of nitrogens with two attached hydrogens (primary N) is 1. The van der Waals surface area contributed by atoms with Gasteiger partial charge in [-0.05, 0) is 38.4 Å². The Kier molecular flexibility index (Phi) is 3.90. The molecule has 24 heavy (non-hydrogen) atoms. The Hall–Kier alpha value is -2.47. The van der Waals surface area contributed by atoms with Crippen molar-refractivity contribution in [3.8, 4) is 11.3 Å². The van der Waals surface area contributed by atoms with Gasteiger partial charge in [0.05, 0.1) is 11.1 Å². The first-order chi connectivity index (χ1) is 11.7. The highest BCUT2D eigenvalue weighted by molar-refractivity contribution is 5.97. The quantitative estimate of drug-likeness (QED) is 0.774. The molecule has 1 aliphatic heterocycles. The molecule has 1 saturated heterocycles. The minimum atomic E-state index is 0.450. The number of nitrogens with zero attached hydrogens (tertiary/aromatic N) is 4. The van der Waals surface area contributed by atoms with E-state index in [-0.39, 0.29) is 0 Å². The van der Waals surface area contributed by atoms with Crippen molar-refractivity contribution >= 4 is 16.9 Å². The van der Waals surface area contributed by atoms with Gasteiger partial charge in [-0.3, -0.25) is 10.00 Å². The van der Waals surface area contributed by atoms with Crippen LogP contribution in [0.4, 0.5) is 5.82 Å². The summed E-state index contributed by atoms with van der Waals surface area (Å²) in [5.74, 6) is 0.453. The van der Waals surface area contributed by atoms with Crippen LogP contribution in [0.3, 0.4) is 0 Å². The lowest BCUT2D eigenvalue weighted by Gasteiger charge is -2.32. The topological polar surface area (TPSA) is 83.7 Å². The number of anilines is 1. The van der Waals surface area contributed by atoms with Crippen LogP contribution in [0.1, 0.15) is 37.8 Å². The Morgan fingerprint density at radius 2 is 1.83 bits per heavy atom. The van der Waals surface area contributed by atoms with Crippen LogP contribution in [0.2, 0.25) is 0 Å². The molecule has 1 fully saturated rings. The zero-order valence-electron chi connectivity index (χ0n) is 13.9. The van der Waals surface area contributed by atoms with E-state index in [9.17, 15) is 0 Å². The molecule has 3 aromatic rings. The molecule has 4 rings (SSSR count). The van der Waals surface area contributed by atoms with Crippen molar-refractivity contribution in [3.05, 3.63) is 36.2 Å². The Morgan fingerprint density at radius 3 is 2.58 bits per heavy atom. The molecule has 2 aromatic heterocycles. The summed E-state index contributed by atoms with van der Waals surface area (Å²) in [6.45, 7) is 4.68. The zero-order chi connectivity index (χ0) is 16.5. The molecule has 0 radical (unpaired) electrons. The second-order valence-corrected chi connectivity index (χ2v) is 6.45. The van der Waals surface area contributed by atoms with Crippen molar-refractivity contribution in [1.29, 1.82) is 0 Å². The van der Waals surface area contributed by atoms with E-state index in [1.54, 1.807) is 0 Å². The van der Waals surface area contributed by atoms with Crippen molar-refractivity contribution in [2.24, 2.45) is 0 Å². The number of hydrogen-bond acceptors (Lipinski definition) is 5. The summed E-state index contributed by atoms with van der Waals surface area (Å²) in [5.41, 5.74) is 9.86. The standard InChI is InChI=1S/C18H22N6/c1-12(24-9-3-2-4-10-24)13-5-7-14(8-6-13)16-15-17(19)20-11-21-18(15)23-22-16/h5-8,11-12H,2-4,9-10H2,1H3,(H3,19,20,21,22,23). The van der Waals surface area contributed by atoms with Gasteiger partial charge in [0.1, 0.15) is 12.1 Å². The number of aromatic nitrogens is 4. The maximum atomic E-state index is 6.00. The third kappa shape index (κ3) is 2.63. The van der Waals surface area contributed by atoms with E-state index >= 15 is 0 Å². The lowest BCUT2D eigenvalue weighted by atomic mass is 10.0. The number of benzene rings is 1. The Bertz CT molecular complexity index is 832. The van der Waals surface area contributed by atoms with Crippen LogP contribution in [0, 0.1) is 0 Å². The Labute approximate surface area is 141 Å². The first-order valence-electron chi connectivity index (χ1n) is 8.53. The predicted molar refractivity (Wildman–Crippen MR) is 95.4 cm³/mol. The number of H-pyrrole nitrogens is 1. The molecule has 1 aliphatic rings. The predicted octanol–water partition coefficient (Wildman–Crippen LogP) is 3.15. The molecular formula is C18H22N6. The third-order valence-corrected chi connectivity index (χ3v) is 5.00. The van der Waals surface area contributed by atoms with Crippen LogP contribution in [-0.2, 0) is 0 Å². The van der Waals surface area contributed by atoms with Crippen LogP contribution in [0.15, 0.2) is 30.6 Å². The molecule has 6 nitrogen and oxygen atoms in total. The van der Waals surface area contributed by atoms with Gasteiger partial charge in [-0.2, -0.15) is 5.10 Å². The lowest BCUT2D eigenvalue weighted by Crippen LogP contribution is -2.32. The molecule has 0 saturated carbocycles. The highest BCUT2D eigenvalue weighted by Gasteiger charge is 2.18. The first-order valence-corrected chi connectivity index (χ1v) is 8.53. The molecule has 1 atom stereocenters. The average molecular weight is 322 g/mol. The number of rotatable bonds is 3. The molecule has 3 N–H and O–H groups in total. The van der Waals surface area contributed by atoms with Gasteiger partial charge in [0.25, 0.3) is 0 Å². The van der Waals surface area contributed by atoms with Crippen molar-refractivity contribution < 1.29 is 0 Å². The van der Waals surface area contributed by atoms with Crippen LogP contribution in [0.25, 0.3) is 22.3 Å². The molecule has 1 unspecified atom stereocenters. The van der Waals surface area contributed by atoms with Crippen molar-refractivity contribution in [2.75, 3.05) is 18.8 Å². The van der Waals surface area contributed by atoms with E-state index in [1.165, 1.54) is 44.2 Å². The monoisotopic (exact) mass is 322 g/mol. The number of likely N-dealkylation sites (tertiary alicyclic amines) is 1. The number of nitrogens with one attached hydrogen (secondary N) is 1. The summed E-state index contributed by atoms with van der Waals surface area (Å²) in [6.07, 6.45) is 5.41. The van der Waals surface area contributed by atoms with Crippen molar-refractivity contribution in [2.45, 2.75) is 32.2 Å². The summed E-state index contributed by atoms with van der Waals surface area (Å²) in [4.78, 5) is 10.8. The van der Waals surface area contributed by atoms with E-state index in [4.69, 9.17) is 5.73 Å². The van der Waals surface area contributed by atoms with Gasteiger partial charge in [0.2, 0.25) is 0 Å². The SMILES string of the molecule is CC(c1ccc(-c2[nH]nc3ncnc(N)c23)cc1)N1CCCCC1. The van der Waals surface area contributed by atoms with E-state index in [2.05, 4.69) is 56.3 Å². The number of fused-ring (bicyclic) bond motifs is 1. The maximum absolute atomic E-state index is 6.00. The zero-order valence-corrected chi connectivity index (χ0v) is 13.9. The fourth-order valence-corrected chi connectivity index (χ4v) is 3.53. The summed E-state index contributed by atoms with van der Waals surface area (Å²) in [5, 5.41) is 8.05. The third-order valence-electron chi connectivity index (χ3n) is 5.00. The van der Waals surface area contributed by atoms with Gasteiger partial charge in [-0.15, -0.1) is 0 Å². The number of hydrogen-bond donors (Lipinski definition) is 2. The van der Waals surface area contributed by atoms with Gasteiger partial charge < -0.3 is 5.73 Å². The normalized spacial score (nSPS) is 17.2. The summed E-state index contributed by atoms with van der Waals surface area (Å²) >= 11 is 0. The highest BCUT2D eigenvalue weighted by Crippen LogP contribution is 2.30. The minimum Gasteiger partial charge on any atom is -0.383 e. The second kappa shape index (κ2) is 6.20. The molecule has 6 heteroatoms. The fraction of sp³-hybridized carbons (Fsp3) is 0.389. The Balaban J connectivity index is 1.63. The van der Waals surface area contributed by atoms with E-state index in [0.29, 0.717) is 17.5 Å². The van der Waals surface area contributed by atoms with E-state index < -0.39 is 0 Å². The fourth-order valence-electron chi connectivity index (χ4n) is 3.53. The Morgan fingerprint density at radius 1 is 1.08 bits per heavy atom. The van der Waals surface area contributed by atoms with Crippen LogP contribution < -0.4 is 5.73 Å². The number of aromatic amines is 1. The minimum absolute atomic E-state index is 0.450. The molecule has 124 valence electrons. The van der Waals surface area contributed by atoms with Gasteiger partial charge >= 0.3 is 0 Å². The smallest absolute Gasteiger partial charge is 0.186 e. The van der Waals surface area contributed by atoms with E-state index in [1.807, 2.05) is 0 Å². The van der Waals surface area contributed by atoms with Gasteiger partial charge in [0.15, 0.2) is 5.65 Å². The highest BCUT2D eigenvalue weighted by atomic mass is 15.2. The molecule has 1 aromatic carbocycles. The lowest BCUT2D eigenvalue weighted by molar-refractivity contribution is 0.175. The van der Waals surface area contributed by atoms with Gasteiger partial charge in [-0.1, -0.05) is 30.7 Å². The van der Waals surface area contributed by atoms with Crippen molar-refractivity contribution in [3.63, 3.8) is 0 Å². The van der Waals surface area contributed by atoms with E-state index in [0.717, 1.165) is 16.6 Å². The first kappa shape index (κ1) is 15.1. The van der Waals surface area contributed by atoms with Gasteiger partial charge in [0, 0.05) is 11.6 Å². The summed E-state index contributed by atoms with van der Waals surface area (Å²) in [6, 6.07) is 9.08.